The molecule has 2 aromatic heterocycles. The van der Waals surface area contributed by atoms with E-state index < -0.39 is 0 Å². The van der Waals surface area contributed by atoms with Gasteiger partial charge in [0.05, 0.1) is 5.69 Å². The van der Waals surface area contributed by atoms with Crippen LogP contribution in [0.5, 0.6) is 11.5 Å². The maximum Gasteiger partial charge on any atom is 0.335 e. The number of anilines is 1. The number of nitrogens with two attached hydrogens (primary N) is 1. The lowest BCUT2D eigenvalue weighted by Gasteiger charge is -2.54. The van der Waals surface area contributed by atoms with Crippen molar-refractivity contribution in [3.8, 4) is 17.2 Å². The molecule has 3 N–H and O–H groups in total. The number of benzene rings is 2. The van der Waals surface area contributed by atoms with Crippen molar-refractivity contribution >= 4 is 17.0 Å². The zero-order valence-electron chi connectivity index (χ0n) is 16.9. The number of hydrogen-bond donors (Lipinski definition) is 2. The fourth-order valence-corrected chi connectivity index (χ4v) is 4.81. The van der Waals surface area contributed by atoms with E-state index in [2.05, 4.69) is 15.3 Å². The van der Waals surface area contributed by atoms with Crippen LogP contribution in [-0.4, -0.2) is 32.2 Å². The molecule has 156 valence electrons. The number of rotatable bonds is 4. The van der Waals surface area contributed by atoms with Crippen LogP contribution in [0.1, 0.15) is 18.9 Å². The van der Waals surface area contributed by atoms with E-state index in [1.165, 1.54) is 6.33 Å². The minimum Gasteiger partial charge on any atom is -0.457 e. The SMILES string of the molecule is Nc1ncnc2c1n(-c1ccc(Oc3ccccc3)cc1)c(=O)n2C1CC2(CNC2)C1. The Bertz CT molecular complexity index is 1310. The minimum absolute atomic E-state index is 0.133. The maximum atomic E-state index is 13.5. The number of fused-ring (bicyclic) bond motifs is 1. The van der Waals surface area contributed by atoms with E-state index in [0.717, 1.165) is 31.7 Å². The molecule has 8 heteroatoms. The molecule has 3 heterocycles. The standard InChI is InChI=1S/C23H22N6O2/c24-20-19-21(27-14-26-20)29(16-10-23(11-16)12-25-13-23)22(30)28(19)15-6-8-18(9-7-15)31-17-4-2-1-3-5-17/h1-9,14,16,25H,10-13H2,(H2,24,26,27). The van der Waals surface area contributed by atoms with Crippen LogP contribution in [0, 0.1) is 5.41 Å². The van der Waals surface area contributed by atoms with Crippen LogP contribution >= 0.6 is 0 Å². The van der Waals surface area contributed by atoms with Crippen LogP contribution in [0.2, 0.25) is 0 Å². The Morgan fingerprint density at radius 2 is 1.71 bits per heavy atom. The van der Waals surface area contributed by atoms with Gasteiger partial charge in [0.15, 0.2) is 11.5 Å². The molecule has 1 aliphatic heterocycles. The van der Waals surface area contributed by atoms with Crippen molar-refractivity contribution in [1.82, 2.24) is 24.4 Å². The summed E-state index contributed by atoms with van der Waals surface area (Å²) in [5, 5.41) is 3.34. The van der Waals surface area contributed by atoms with Gasteiger partial charge >= 0.3 is 5.69 Å². The fraction of sp³-hybridized carbons (Fsp3) is 0.261. The van der Waals surface area contributed by atoms with Crippen molar-refractivity contribution in [3.05, 3.63) is 71.4 Å². The van der Waals surface area contributed by atoms with Crippen molar-refractivity contribution in [1.29, 1.82) is 0 Å². The first-order valence-electron chi connectivity index (χ1n) is 10.4. The molecular formula is C23H22N6O2. The van der Waals surface area contributed by atoms with Crippen LogP contribution in [0.3, 0.4) is 0 Å². The van der Waals surface area contributed by atoms with Gasteiger partial charge < -0.3 is 15.8 Å². The molecule has 1 aliphatic carbocycles. The van der Waals surface area contributed by atoms with E-state index in [9.17, 15) is 4.79 Å². The lowest BCUT2D eigenvalue weighted by Crippen LogP contribution is -2.61. The summed E-state index contributed by atoms with van der Waals surface area (Å²) in [5.74, 6) is 1.74. The summed E-state index contributed by atoms with van der Waals surface area (Å²) < 4.78 is 9.28. The van der Waals surface area contributed by atoms with E-state index in [1.807, 2.05) is 54.6 Å². The monoisotopic (exact) mass is 414 g/mol. The second kappa shape index (κ2) is 6.68. The lowest BCUT2D eigenvalue weighted by atomic mass is 9.61. The van der Waals surface area contributed by atoms with Gasteiger partial charge in [-0.3, -0.25) is 9.13 Å². The Balaban J connectivity index is 1.40. The summed E-state index contributed by atoms with van der Waals surface area (Å²) in [5.41, 5.74) is 8.26. The quantitative estimate of drug-likeness (QED) is 0.533. The zero-order valence-corrected chi connectivity index (χ0v) is 16.9. The lowest BCUT2D eigenvalue weighted by molar-refractivity contribution is 0.00759. The van der Waals surface area contributed by atoms with Gasteiger partial charge in [0.25, 0.3) is 0 Å². The van der Waals surface area contributed by atoms with Gasteiger partial charge in [0.2, 0.25) is 0 Å². The molecule has 1 spiro atoms. The second-order valence-electron chi connectivity index (χ2n) is 8.49. The third-order valence-corrected chi connectivity index (χ3v) is 6.46. The van der Waals surface area contributed by atoms with Crippen LogP contribution < -0.4 is 21.5 Å². The van der Waals surface area contributed by atoms with E-state index in [-0.39, 0.29) is 11.7 Å². The fourth-order valence-electron chi connectivity index (χ4n) is 4.81. The Morgan fingerprint density at radius 3 is 2.39 bits per heavy atom. The summed E-state index contributed by atoms with van der Waals surface area (Å²) in [7, 11) is 0. The Labute approximate surface area is 178 Å². The molecule has 0 amide bonds. The van der Waals surface area contributed by atoms with Crippen molar-refractivity contribution < 1.29 is 4.74 Å². The summed E-state index contributed by atoms with van der Waals surface area (Å²) in [6.07, 6.45) is 3.38. The van der Waals surface area contributed by atoms with Gasteiger partial charge in [-0.25, -0.2) is 14.8 Å². The molecule has 0 bridgehead atoms. The molecule has 4 aromatic rings. The Morgan fingerprint density at radius 1 is 1.00 bits per heavy atom. The van der Waals surface area contributed by atoms with E-state index >= 15 is 0 Å². The number of aromatic nitrogens is 4. The predicted octanol–water partition coefficient (Wildman–Crippen LogP) is 2.88. The minimum atomic E-state index is -0.133. The van der Waals surface area contributed by atoms with Gasteiger partial charge in [-0.2, -0.15) is 0 Å². The average Bonchev–Trinajstić information content (AvgIpc) is 3.01. The molecule has 6 rings (SSSR count). The normalized spacial score (nSPS) is 17.4. The summed E-state index contributed by atoms with van der Waals surface area (Å²) in [4.78, 5) is 22.1. The third-order valence-electron chi connectivity index (χ3n) is 6.46. The second-order valence-corrected chi connectivity index (χ2v) is 8.49. The van der Waals surface area contributed by atoms with Gasteiger partial charge in [-0.15, -0.1) is 0 Å². The third kappa shape index (κ3) is 2.83. The topological polar surface area (TPSA) is 100.0 Å². The molecule has 8 nitrogen and oxygen atoms in total. The molecule has 31 heavy (non-hydrogen) atoms. The smallest absolute Gasteiger partial charge is 0.335 e. The molecule has 0 atom stereocenters. The molecule has 2 aliphatic rings. The predicted molar refractivity (Wildman–Crippen MR) is 118 cm³/mol. The average molecular weight is 414 g/mol. The van der Waals surface area contributed by atoms with Crippen LogP contribution in [0.4, 0.5) is 5.82 Å². The number of nitrogen functional groups attached to an aromatic ring is 1. The van der Waals surface area contributed by atoms with Crippen molar-refractivity contribution in [2.75, 3.05) is 18.8 Å². The first-order valence-corrected chi connectivity index (χ1v) is 10.4. The summed E-state index contributed by atoms with van der Waals surface area (Å²) >= 11 is 0. The highest BCUT2D eigenvalue weighted by atomic mass is 16.5. The molecule has 1 saturated heterocycles. The van der Waals surface area contributed by atoms with E-state index in [4.69, 9.17) is 10.5 Å². The van der Waals surface area contributed by atoms with Crippen LogP contribution in [0.25, 0.3) is 16.9 Å². The summed E-state index contributed by atoms with van der Waals surface area (Å²) in [6, 6.07) is 17.1. The number of nitrogens with zero attached hydrogens (tertiary/aromatic N) is 4. The molecule has 0 unspecified atom stereocenters. The van der Waals surface area contributed by atoms with Gasteiger partial charge in [-0.1, -0.05) is 18.2 Å². The zero-order chi connectivity index (χ0) is 21.0. The highest BCUT2D eigenvalue weighted by molar-refractivity contribution is 5.84. The largest absolute Gasteiger partial charge is 0.457 e. The first-order chi connectivity index (χ1) is 15.1. The van der Waals surface area contributed by atoms with Crippen LogP contribution in [0.15, 0.2) is 65.7 Å². The molecule has 1 saturated carbocycles. The first kappa shape index (κ1) is 18.1. The number of para-hydroxylation sites is 1. The number of nitrogens with one attached hydrogen (secondary N) is 1. The molecule has 2 aromatic carbocycles. The summed E-state index contributed by atoms with van der Waals surface area (Å²) in [6.45, 7) is 2.05. The van der Waals surface area contributed by atoms with Crippen molar-refractivity contribution in [3.63, 3.8) is 0 Å². The van der Waals surface area contributed by atoms with E-state index in [0.29, 0.717) is 33.8 Å². The van der Waals surface area contributed by atoms with Crippen LogP contribution in [-0.2, 0) is 0 Å². The van der Waals surface area contributed by atoms with E-state index in [1.54, 1.807) is 9.13 Å². The number of imidazole rings is 1. The molecular weight excluding hydrogens is 392 g/mol. The molecule has 0 radical (unpaired) electrons. The number of ether oxygens (including phenoxy) is 1. The Hall–Kier alpha value is -3.65. The Kier molecular flexibility index (Phi) is 3.91. The number of hydrogen-bond acceptors (Lipinski definition) is 6. The van der Waals surface area contributed by atoms with Gasteiger partial charge in [0.1, 0.15) is 23.3 Å². The highest BCUT2D eigenvalue weighted by Crippen LogP contribution is 2.51. The van der Waals surface area contributed by atoms with Crippen molar-refractivity contribution in [2.45, 2.75) is 18.9 Å². The van der Waals surface area contributed by atoms with Gasteiger partial charge in [-0.05, 0) is 54.7 Å². The van der Waals surface area contributed by atoms with Crippen molar-refractivity contribution in [2.24, 2.45) is 5.41 Å². The maximum absolute atomic E-state index is 13.5. The molecule has 2 fully saturated rings. The van der Waals surface area contributed by atoms with Gasteiger partial charge in [0, 0.05) is 19.1 Å². The highest BCUT2D eigenvalue weighted by Gasteiger charge is 2.50.